The third kappa shape index (κ3) is 5.35. The van der Waals surface area contributed by atoms with Crippen molar-refractivity contribution >= 4 is 11.8 Å². The Kier molecular flexibility index (Phi) is 7.59. The second-order valence-electron chi connectivity index (χ2n) is 10.8. The number of nitrogens with one attached hydrogen (secondary N) is 1. The maximum absolute atomic E-state index is 13.8. The molecule has 1 aliphatic heterocycles. The summed E-state index contributed by atoms with van der Waals surface area (Å²) in [4.78, 5) is 29.0. The highest BCUT2D eigenvalue weighted by Gasteiger charge is 2.48. The van der Waals surface area contributed by atoms with Crippen LogP contribution in [0.3, 0.4) is 0 Å². The molecule has 5 rings (SSSR count). The molecule has 6 heteroatoms. The number of carbonyl (C=O) groups is 2. The SMILES string of the molecule is CC(NC(=O)C1(C2CCCC2)CCN(C(=O)c2ccc(-c3ccc(F)cc3)cc2)CC1)c1ccc(F)cc1. The molecular weight excluding hydrogens is 482 g/mol. The van der Waals surface area contributed by atoms with Crippen LogP contribution < -0.4 is 5.32 Å². The highest BCUT2D eigenvalue weighted by Crippen LogP contribution is 2.47. The zero-order valence-corrected chi connectivity index (χ0v) is 21.8. The number of likely N-dealkylation sites (tertiary alicyclic amines) is 1. The summed E-state index contributed by atoms with van der Waals surface area (Å²) in [5, 5.41) is 3.22. The van der Waals surface area contributed by atoms with Gasteiger partial charge < -0.3 is 10.2 Å². The van der Waals surface area contributed by atoms with E-state index in [1.54, 1.807) is 24.3 Å². The third-order valence-corrected chi connectivity index (χ3v) is 8.56. The predicted molar refractivity (Wildman–Crippen MR) is 144 cm³/mol. The fourth-order valence-corrected chi connectivity index (χ4v) is 6.21. The molecule has 1 unspecified atom stereocenters. The average molecular weight is 517 g/mol. The van der Waals surface area contributed by atoms with Gasteiger partial charge in [0, 0.05) is 18.7 Å². The lowest BCUT2D eigenvalue weighted by atomic mass is 9.67. The first-order valence-corrected chi connectivity index (χ1v) is 13.6. The Labute approximate surface area is 223 Å². The predicted octanol–water partition coefficient (Wildman–Crippen LogP) is 6.92. The van der Waals surface area contributed by atoms with Gasteiger partial charge in [0.05, 0.1) is 11.5 Å². The van der Waals surface area contributed by atoms with Crippen LogP contribution in [-0.4, -0.2) is 29.8 Å². The maximum Gasteiger partial charge on any atom is 0.253 e. The Morgan fingerprint density at radius 1 is 0.816 bits per heavy atom. The first-order chi connectivity index (χ1) is 18.4. The van der Waals surface area contributed by atoms with Crippen LogP contribution in [-0.2, 0) is 4.79 Å². The number of nitrogens with zero attached hydrogens (tertiary/aromatic N) is 1. The molecule has 1 heterocycles. The molecule has 1 N–H and O–H groups in total. The molecule has 0 radical (unpaired) electrons. The fourth-order valence-electron chi connectivity index (χ4n) is 6.21. The molecule has 2 fully saturated rings. The first-order valence-electron chi connectivity index (χ1n) is 13.6. The van der Waals surface area contributed by atoms with E-state index in [0.29, 0.717) is 37.4 Å². The fraction of sp³-hybridized carbons (Fsp3) is 0.375. The largest absolute Gasteiger partial charge is 0.349 e. The molecule has 1 atom stereocenters. The molecule has 0 aromatic heterocycles. The number of amides is 2. The molecule has 0 spiro atoms. The molecule has 3 aromatic rings. The molecule has 0 bridgehead atoms. The summed E-state index contributed by atoms with van der Waals surface area (Å²) in [5.74, 6) is -0.238. The monoisotopic (exact) mass is 516 g/mol. The van der Waals surface area contributed by atoms with Gasteiger partial charge in [0.1, 0.15) is 11.6 Å². The lowest BCUT2D eigenvalue weighted by Gasteiger charge is -2.45. The van der Waals surface area contributed by atoms with Crippen molar-refractivity contribution in [2.24, 2.45) is 11.3 Å². The van der Waals surface area contributed by atoms with Gasteiger partial charge in [-0.05, 0) is 91.6 Å². The maximum atomic E-state index is 13.8. The topological polar surface area (TPSA) is 49.4 Å². The molecule has 198 valence electrons. The molecule has 1 aliphatic carbocycles. The summed E-state index contributed by atoms with van der Waals surface area (Å²) in [6.07, 6.45) is 5.62. The Morgan fingerprint density at radius 3 is 1.87 bits per heavy atom. The van der Waals surface area contributed by atoms with Crippen molar-refractivity contribution in [1.29, 1.82) is 0 Å². The van der Waals surface area contributed by atoms with E-state index in [1.807, 2.05) is 36.1 Å². The zero-order valence-electron chi connectivity index (χ0n) is 21.8. The van der Waals surface area contributed by atoms with Crippen LogP contribution in [0.2, 0.25) is 0 Å². The van der Waals surface area contributed by atoms with Crippen LogP contribution in [0, 0.1) is 23.0 Å². The summed E-state index contributed by atoms with van der Waals surface area (Å²) in [6.45, 7) is 3.00. The van der Waals surface area contributed by atoms with Crippen LogP contribution in [0.25, 0.3) is 11.1 Å². The Hall–Kier alpha value is -3.54. The van der Waals surface area contributed by atoms with Crippen molar-refractivity contribution in [1.82, 2.24) is 10.2 Å². The van der Waals surface area contributed by atoms with Crippen molar-refractivity contribution in [2.75, 3.05) is 13.1 Å². The Morgan fingerprint density at radius 2 is 1.32 bits per heavy atom. The number of benzene rings is 3. The molecule has 1 saturated carbocycles. The number of hydrogen-bond acceptors (Lipinski definition) is 2. The van der Waals surface area contributed by atoms with Gasteiger partial charge in [-0.1, -0.05) is 49.2 Å². The van der Waals surface area contributed by atoms with Gasteiger partial charge in [-0.25, -0.2) is 8.78 Å². The van der Waals surface area contributed by atoms with Crippen molar-refractivity contribution in [3.8, 4) is 11.1 Å². The van der Waals surface area contributed by atoms with E-state index in [9.17, 15) is 18.4 Å². The number of hydrogen-bond donors (Lipinski definition) is 1. The summed E-state index contributed by atoms with van der Waals surface area (Å²) in [5.41, 5.74) is 2.81. The van der Waals surface area contributed by atoms with Crippen LogP contribution in [0.4, 0.5) is 8.78 Å². The highest BCUT2D eigenvalue weighted by molar-refractivity contribution is 5.95. The number of carbonyl (C=O) groups excluding carboxylic acids is 2. The second-order valence-corrected chi connectivity index (χ2v) is 10.8. The molecule has 1 saturated heterocycles. The minimum absolute atomic E-state index is 0.0317. The van der Waals surface area contributed by atoms with Gasteiger partial charge in [0.25, 0.3) is 5.91 Å². The quantitative estimate of drug-likeness (QED) is 0.387. The molecule has 4 nitrogen and oxygen atoms in total. The summed E-state index contributed by atoms with van der Waals surface area (Å²) >= 11 is 0. The molecule has 2 aliphatic rings. The van der Waals surface area contributed by atoms with Crippen molar-refractivity contribution < 1.29 is 18.4 Å². The average Bonchev–Trinajstić information content (AvgIpc) is 3.49. The van der Waals surface area contributed by atoms with E-state index in [2.05, 4.69) is 5.32 Å². The number of halogens is 2. The van der Waals surface area contributed by atoms with E-state index in [1.165, 1.54) is 24.3 Å². The van der Waals surface area contributed by atoms with Gasteiger partial charge in [-0.2, -0.15) is 0 Å². The van der Waals surface area contributed by atoms with Gasteiger partial charge in [-0.3, -0.25) is 9.59 Å². The zero-order chi connectivity index (χ0) is 26.7. The Bertz CT molecular complexity index is 1260. The second kappa shape index (κ2) is 11.1. The number of rotatable bonds is 6. The lowest BCUT2D eigenvalue weighted by Crippen LogP contribution is -2.53. The van der Waals surface area contributed by atoms with Crippen LogP contribution in [0.1, 0.15) is 67.4 Å². The summed E-state index contributed by atoms with van der Waals surface area (Å²) < 4.78 is 26.6. The molecular formula is C32H34F2N2O2. The van der Waals surface area contributed by atoms with Crippen LogP contribution in [0.15, 0.2) is 72.8 Å². The van der Waals surface area contributed by atoms with E-state index in [-0.39, 0.29) is 29.5 Å². The lowest BCUT2D eigenvalue weighted by molar-refractivity contribution is -0.138. The Balaban J connectivity index is 1.27. The highest BCUT2D eigenvalue weighted by atomic mass is 19.1. The van der Waals surface area contributed by atoms with Gasteiger partial charge in [-0.15, -0.1) is 0 Å². The summed E-state index contributed by atoms with van der Waals surface area (Å²) in [6, 6.07) is 19.7. The normalized spacial score (nSPS) is 18.2. The minimum atomic E-state index is -0.492. The summed E-state index contributed by atoms with van der Waals surface area (Å²) in [7, 11) is 0. The van der Waals surface area contributed by atoms with Gasteiger partial charge >= 0.3 is 0 Å². The molecule has 38 heavy (non-hydrogen) atoms. The van der Waals surface area contributed by atoms with Crippen molar-refractivity contribution in [3.63, 3.8) is 0 Å². The van der Waals surface area contributed by atoms with Crippen molar-refractivity contribution in [3.05, 3.63) is 95.6 Å². The van der Waals surface area contributed by atoms with Crippen molar-refractivity contribution in [2.45, 2.75) is 51.5 Å². The standard InChI is InChI=1S/C32H34F2N2O2/c1-22(23-10-14-28(33)15-11-23)35-31(38)32(27-4-2-3-5-27)18-20-36(21-19-32)30(37)26-8-6-24(7-9-26)25-12-16-29(34)17-13-25/h6-17,22,27H,2-5,18-21H2,1H3,(H,35,38). The van der Waals surface area contributed by atoms with Crippen LogP contribution in [0.5, 0.6) is 0 Å². The third-order valence-electron chi connectivity index (χ3n) is 8.56. The molecule has 2 amide bonds. The van der Waals surface area contributed by atoms with Gasteiger partial charge in [0.15, 0.2) is 0 Å². The van der Waals surface area contributed by atoms with Crippen LogP contribution >= 0.6 is 0 Å². The first kappa shape index (κ1) is 26.1. The van der Waals surface area contributed by atoms with Gasteiger partial charge in [0.2, 0.25) is 5.91 Å². The van der Waals surface area contributed by atoms with E-state index < -0.39 is 5.41 Å². The van der Waals surface area contributed by atoms with E-state index in [4.69, 9.17) is 0 Å². The van der Waals surface area contributed by atoms with E-state index >= 15 is 0 Å². The minimum Gasteiger partial charge on any atom is -0.349 e. The smallest absolute Gasteiger partial charge is 0.253 e. The van der Waals surface area contributed by atoms with E-state index in [0.717, 1.165) is 42.4 Å². The molecule has 3 aromatic carbocycles. The number of piperidine rings is 1.